The molecule has 7 heteroatoms. The topological polar surface area (TPSA) is 46.1 Å². The minimum atomic E-state index is 0.0335. The molecule has 0 radical (unpaired) electrons. The Bertz CT molecular complexity index is 674. The Balaban J connectivity index is 1.60. The van der Waals surface area contributed by atoms with Gasteiger partial charge in [0.15, 0.2) is 0 Å². The van der Waals surface area contributed by atoms with Crippen LogP contribution in [-0.2, 0) is 16.6 Å². The number of likely N-dealkylation sites (tertiary alicyclic amines) is 1. The Morgan fingerprint density at radius 2 is 2.18 bits per heavy atom. The summed E-state index contributed by atoms with van der Waals surface area (Å²) in [5, 5.41) is 4.06. The molecule has 1 aliphatic rings. The van der Waals surface area contributed by atoms with Gasteiger partial charge >= 0.3 is 0 Å². The molecule has 0 spiro atoms. The number of rotatable bonds is 3. The van der Waals surface area contributed by atoms with Gasteiger partial charge < -0.3 is 4.90 Å². The average Bonchev–Trinajstić information content (AvgIpc) is 3.09. The lowest BCUT2D eigenvalue weighted by Gasteiger charge is -2.38. The molecule has 1 fully saturated rings. The Labute approximate surface area is 143 Å². The highest BCUT2D eigenvalue weighted by Crippen LogP contribution is 2.38. The molecule has 0 saturated carbocycles. The van der Waals surface area contributed by atoms with Gasteiger partial charge in [-0.15, -0.1) is 22.7 Å². The smallest absolute Gasteiger partial charge is 0.228 e. The van der Waals surface area contributed by atoms with E-state index in [0.29, 0.717) is 6.42 Å². The summed E-state index contributed by atoms with van der Waals surface area (Å²) in [6, 6.07) is 0. The summed E-state index contributed by atoms with van der Waals surface area (Å²) in [6.07, 6.45) is 3.98. The van der Waals surface area contributed by atoms with E-state index in [1.54, 1.807) is 28.9 Å². The normalized spacial score (nSPS) is 17.7. The minimum absolute atomic E-state index is 0.0335. The van der Waals surface area contributed by atoms with Crippen molar-refractivity contribution in [2.45, 2.75) is 38.5 Å². The number of hydrogen-bond acceptors (Lipinski definition) is 5. The molecule has 3 rings (SSSR count). The first kappa shape index (κ1) is 15.9. The Hall–Kier alpha value is -0.980. The molecule has 0 N–H and O–H groups in total. The van der Waals surface area contributed by atoms with Crippen molar-refractivity contribution in [1.29, 1.82) is 0 Å². The molecule has 1 amide bonds. The van der Waals surface area contributed by atoms with Crippen LogP contribution in [0.5, 0.6) is 0 Å². The highest BCUT2D eigenvalue weighted by Gasteiger charge is 2.35. The lowest BCUT2D eigenvalue weighted by molar-refractivity contribution is -0.132. The van der Waals surface area contributed by atoms with E-state index in [0.717, 1.165) is 46.0 Å². The molecule has 2 aromatic rings. The summed E-state index contributed by atoms with van der Waals surface area (Å²) in [5.41, 5.74) is 0.916. The van der Waals surface area contributed by atoms with E-state index < -0.39 is 0 Å². The van der Waals surface area contributed by atoms with E-state index in [4.69, 9.17) is 11.6 Å². The fourth-order valence-corrected chi connectivity index (χ4v) is 4.48. The van der Waals surface area contributed by atoms with Crippen LogP contribution in [0, 0.1) is 6.92 Å². The van der Waals surface area contributed by atoms with Gasteiger partial charge in [0, 0.05) is 23.9 Å². The lowest BCUT2D eigenvalue weighted by Crippen LogP contribution is -2.44. The zero-order valence-electron chi connectivity index (χ0n) is 12.6. The molecule has 0 aliphatic carbocycles. The van der Waals surface area contributed by atoms with E-state index in [-0.39, 0.29) is 11.3 Å². The molecule has 3 heterocycles. The van der Waals surface area contributed by atoms with Crippen molar-refractivity contribution in [2.24, 2.45) is 0 Å². The molecule has 0 bridgehead atoms. The zero-order valence-corrected chi connectivity index (χ0v) is 15.0. The van der Waals surface area contributed by atoms with E-state index in [9.17, 15) is 4.79 Å². The van der Waals surface area contributed by atoms with Crippen molar-refractivity contribution in [1.82, 2.24) is 14.9 Å². The number of piperidine rings is 1. The Morgan fingerprint density at radius 3 is 2.73 bits per heavy atom. The predicted octanol–water partition coefficient (Wildman–Crippen LogP) is 3.68. The number of aromatic nitrogens is 2. The van der Waals surface area contributed by atoms with Crippen molar-refractivity contribution >= 4 is 40.2 Å². The molecule has 22 heavy (non-hydrogen) atoms. The van der Waals surface area contributed by atoms with Gasteiger partial charge in [0.25, 0.3) is 0 Å². The Morgan fingerprint density at radius 1 is 1.45 bits per heavy atom. The van der Waals surface area contributed by atoms with Gasteiger partial charge in [0.1, 0.15) is 9.34 Å². The van der Waals surface area contributed by atoms with Gasteiger partial charge in [0.2, 0.25) is 5.91 Å². The molecule has 1 saturated heterocycles. The molecular weight excluding hydrogens is 338 g/mol. The molecular formula is C15H18ClN3OS2. The largest absolute Gasteiger partial charge is 0.342 e. The molecule has 1 aliphatic heterocycles. The van der Waals surface area contributed by atoms with Crippen molar-refractivity contribution in [3.8, 4) is 0 Å². The number of halogens is 1. The number of carbonyl (C=O) groups is 1. The van der Waals surface area contributed by atoms with Crippen molar-refractivity contribution in [3.05, 3.63) is 31.6 Å². The van der Waals surface area contributed by atoms with Crippen LogP contribution >= 0.6 is 34.3 Å². The van der Waals surface area contributed by atoms with Gasteiger partial charge in [-0.1, -0.05) is 18.5 Å². The van der Waals surface area contributed by atoms with Gasteiger partial charge in [-0.25, -0.2) is 9.97 Å². The van der Waals surface area contributed by atoms with Crippen LogP contribution in [0.3, 0.4) is 0 Å². The van der Waals surface area contributed by atoms with Crippen LogP contribution in [0.2, 0.25) is 4.34 Å². The first-order valence-electron chi connectivity index (χ1n) is 7.27. The monoisotopic (exact) mass is 355 g/mol. The van der Waals surface area contributed by atoms with Gasteiger partial charge in [-0.2, -0.15) is 0 Å². The third kappa shape index (κ3) is 3.34. The fourth-order valence-electron chi connectivity index (χ4n) is 2.75. The average molecular weight is 356 g/mol. The number of carbonyl (C=O) groups excluding carboxylic acids is 1. The standard InChI is InChI=1S/C15H18ClN3OS2/c1-10-18-11(9-21-10)7-13(20)19-5-3-15(2,4-6-19)14-17-8-12(16)22-14/h8-9H,3-7H2,1-2H3. The highest BCUT2D eigenvalue weighted by atomic mass is 35.5. The van der Waals surface area contributed by atoms with Crippen molar-refractivity contribution < 1.29 is 4.79 Å². The number of amides is 1. The molecule has 0 unspecified atom stereocenters. The molecule has 118 valence electrons. The van der Waals surface area contributed by atoms with E-state index in [1.165, 1.54) is 0 Å². The molecule has 0 aromatic carbocycles. The van der Waals surface area contributed by atoms with E-state index in [1.807, 2.05) is 17.2 Å². The maximum atomic E-state index is 12.4. The first-order chi connectivity index (χ1) is 10.5. The third-order valence-corrected chi connectivity index (χ3v) is 6.46. The SMILES string of the molecule is Cc1nc(CC(=O)N2CCC(C)(c3ncc(Cl)s3)CC2)cs1. The van der Waals surface area contributed by atoms with E-state index >= 15 is 0 Å². The summed E-state index contributed by atoms with van der Waals surface area (Å²) in [6.45, 7) is 5.73. The summed E-state index contributed by atoms with van der Waals surface area (Å²) >= 11 is 9.14. The van der Waals surface area contributed by atoms with Crippen molar-refractivity contribution in [2.75, 3.05) is 13.1 Å². The molecule has 4 nitrogen and oxygen atoms in total. The maximum Gasteiger partial charge on any atom is 0.228 e. The van der Waals surface area contributed by atoms with Crippen LogP contribution in [0.1, 0.15) is 35.5 Å². The van der Waals surface area contributed by atoms with Gasteiger partial charge in [-0.05, 0) is 19.8 Å². The maximum absolute atomic E-state index is 12.4. The Kier molecular flexibility index (Phi) is 4.52. The van der Waals surface area contributed by atoms with Crippen LogP contribution in [0.4, 0.5) is 0 Å². The number of aryl methyl sites for hydroxylation is 1. The molecule has 2 aromatic heterocycles. The number of nitrogens with zero attached hydrogens (tertiary/aromatic N) is 3. The predicted molar refractivity (Wildman–Crippen MR) is 90.8 cm³/mol. The first-order valence-corrected chi connectivity index (χ1v) is 9.34. The van der Waals surface area contributed by atoms with E-state index in [2.05, 4.69) is 16.9 Å². The highest BCUT2D eigenvalue weighted by molar-refractivity contribution is 7.15. The van der Waals surface area contributed by atoms with Gasteiger partial charge in [-0.3, -0.25) is 4.79 Å². The lowest BCUT2D eigenvalue weighted by atomic mass is 9.81. The zero-order chi connectivity index (χ0) is 15.7. The van der Waals surface area contributed by atoms with Crippen LogP contribution in [0.15, 0.2) is 11.6 Å². The number of thiazole rings is 2. The number of hydrogen-bond donors (Lipinski definition) is 0. The third-order valence-electron chi connectivity index (χ3n) is 4.21. The van der Waals surface area contributed by atoms with Crippen LogP contribution in [-0.4, -0.2) is 33.9 Å². The van der Waals surface area contributed by atoms with Gasteiger partial charge in [0.05, 0.1) is 23.3 Å². The summed E-state index contributed by atoms with van der Waals surface area (Å²) in [4.78, 5) is 23.1. The second kappa shape index (κ2) is 6.26. The summed E-state index contributed by atoms with van der Waals surface area (Å²) in [5.74, 6) is 0.171. The second-order valence-electron chi connectivity index (χ2n) is 5.95. The summed E-state index contributed by atoms with van der Waals surface area (Å²) in [7, 11) is 0. The molecule has 0 atom stereocenters. The fraction of sp³-hybridized carbons (Fsp3) is 0.533. The minimum Gasteiger partial charge on any atom is -0.342 e. The second-order valence-corrected chi connectivity index (χ2v) is 8.67. The van der Waals surface area contributed by atoms with Crippen LogP contribution < -0.4 is 0 Å². The summed E-state index contributed by atoms with van der Waals surface area (Å²) < 4.78 is 0.730. The quantitative estimate of drug-likeness (QED) is 0.843. The van der Waals surface area contributed by atoms with Crippen LogP contribution in [0.25, 0.3) is 0 Å². The van der Waals surface area contributed by atoms with Crippen molar-refractivity contribution in [3.63, 3.8) is 0 Å².